The molecule has 8 heteroatoms. The minimum Gasteiger partial charge on any atom is -0.404 e. The maximum atomic E-state index is 11.8. The van der Waals surface area contributed by atoms with E-state index in [0.717, 1.165) is 12.1 Å². The fraction of sp³-hybridized carbons (Fsp3) is 0.143. The summed E-state index contributed by atoms with van der Waals surface area (Å²) in [7, 11) is 0. The molecule has 0 aromatic heterocycles. The summed E-state index contributed by atoms with van der Waals surface area (Å²) in [6, 6.07) is 2.87. The number of benzene rings is 1. The molecule has 4 nitrogen and oxygen atoms in total. The minimum atomic E-state index is -4.88. The first-order valence-electron chi connectivity index (χ1n) is 3.49. The maximum Gasteiger partial charge on any atom is 0.573 e. The zero-order valence-corrected chi connectivity index (χ0v) is 8.50. The zero-order chi connectivity index (χ0) is 11.6. The normalized spacial score (nSPS) is 11.2. The second-order valence-corrected chi connectivity index (χ2v) is 3.27. The first-order chi connectivity index (χ1) is 6.79. The van der Waals surface area contributed by atoms with Gasteiger partial charge in [0.05, 0.1) is 15.5 Å². The Balaban J connectivity index is 3.06. The van der Waals surface area contributed by atoms with E-state index < -0.39 is 22.7 Å². The Kier molecular flexibility index (Phi) is 3.18. The standard InChI is InChI=1S/C7H3BrF3NO3/c8-5-2-1-4(12(13)14)3-6(5)15-7(9,10)11/h1-3H. The van der Waals surface area contributed by atoms with Crippen molar-refractivity contribution in [3.8, 4) is 5.75 Å². The summed E-state index contributed by atoms with van der Waals surface area (Å²) in [5.74, 6) is -0.642. The molecule has 0 atom stereocenters. The van der Waals surface area contributed by atoms with Crippen molar-refractivity contribution < 1.29 is 22.8 Å². The van der Waals surface area contributed by atoms with Crippen molar-refractivity contribution in [2.24, 2.45) is 0 Å². The van der Waals surface area contributed by atoms with Crippen molar-refractivity contribution in [1.82, 2.24) is 0 Å². The number of nitro benzene ring substituents is 1. The van der Waals surface area contributed by atoms with Gasteiger partial charge in [0.15, 0.2) is 5.75 Å². The average Bonchev–Trinajstić information content (AvgIpc) is 2.06. The number of rotatable bonds is 2. The van der Waals surface area contributed by atoms with Crippen LogP contribution < -0.4 is 4.74 Å². The first-order valence-corrected chi connectivity index (χ1v) is 4.28. The van der Waals surface area contributed by atoms with E-state index in [4.69, 9.17) is 0 Å². The molecule has 82 valence electrons. The summed E-state index contributed by atoms with van der Waals surface area (Å²) >= 11 is 2.78. The van der Waals surface area contributed by atoms with Crippen LogP contribution in [0.5, 0.6) is 5.75 Å². The van der Waals surface area contributed by atoms with Crippen LogP contribution in [0.3, 0.4) is 0 Å². The van der Waals surface area contributed by atoms with E-state index in [9.17, 15) is 23.3 Å². The van der Waals surface area contributed by atoms with Crippen molar-refractivity contribution in [2.75, 3.05) is 0 Å². The fourth-order valence-corrected chi connectivity index (χ4v) is 1.14. The number of ether oxygens (including phenoxy) is 1. The molecule has 15 heavy (non-hydrogen) atoms. The Hall–Kier alpha value is -1.31. The monoisotopic (exact) mass is 285 g/mol. The highest BCUT2D eigenvalue weighted by molar-refractivity contribution is 9.10. The first kappa shape index (κ1) is 11.8. The predicted molar refractivity (Wildman–Crippen MR) is 47.5 cm³/mol. The van der Waals surface area contributed by atoms with Gasteiger partial charge in [-0.2, -0.15) is 0 Å². The Morgan fingerprint density at radius 1 is 1.40 bits per heavy atom. The molecule has 0 heterocycles. The number of halogens is 4. The second-order valence-electron chi connectivity index (χ2n) is 2.42. The van der Waals surface area contributed by atoms with E-state index in [1.165, 1.54) is 0 Å². The van der Waals surface area contributed by atoms with Gasteiger partial charge in [0.2, 0.25) is 0 Å². The smallest absolute Gasteiger partial charge is 0.404 e. The molecule has 0 radical (unpaired) electrons. The van der Waals surface area contributed by atoms with Gasteiger partial charge in [-0.1, -0.05) is 0 Å². The Morgan fingerprint density at radius 2 is 2.00 bits per heavy atom. The van der Waals surface area contributed by atoms with Gasteiger partial charge in [-0.3, -0.25) is 10.1 Å². The molecule has 0 aliphatic rings. The molecular weight excluding hydrogens is 283 g/mol. The topological polar surface area (TPSA) is 52.4 Å². The van der Waals surface area contributed by atoms with Crippen LogP contribution in [0, 0.1) is 10.1 Å². The minimum absolute atomic E-state index is 0.00887. The fourth-order valence-electron chi connectivity index (χ4n) is 0.809. The van der Waals surface area contributed by atoms with E-state index in [2.05, 4.69) is 20.7 Å². The summed E-state index contributed by atoms with van der Waals surface area (Å²) in [4.78, 5) is 9.47. The van der Waals surface area contributed by atoms with Crippen LogP contribution >= 0.6 is 15.9 Å². The third-order valence-electron chi connectivity index (χ3n) is 1.35. The average molecular weight is 286 g/mol. The molecule has 1 rings (SSSR count). The van der Waals surface area contributed by atoms with Crippen molar-refractivity contribution in [2.45, 2.75) is 6.36 Å². The van der Waals surface area contributed by atoms with E-state index in [0.29, 0.717) is 6.07 Å². The SMILES string of the molecule is O=[N+]([O-])c1ccc(Br)c(OC(F)(F)F)c1. The molecule has 0 aliphatic heterocycles. The lowest BCUT2D eigenvalue weighted by molar-refractivity contribution is -0.385. The van der Waals surface area contributed by atoms with E-state index >= 15 is 0 Å². The van der Waals surface area contributed by atoms with Crippen molar-refractivity contribution in [3.05, 3.63) is 32.8 Å². The quantitative estimate of drug-likeness (QED) is 0.619. The molecule has 0 unspecified atom stereocenters. The second kappa shape index (κ2) is 4.05. The maximum absolute atomic E-state index is 11.8. The molecule has 0 N–H and O–H groups in total. The van der Waals surface area contributed by atoms with E-state index in [-0.39, 0.29) is 4.47 Å². The lowest BCUT2D eigenvalue weighted by Crippen LogP contribution is -2.17. The van der Waals surface area contributed by atoms with Gasteiger partial charge < -0.3 is 4.74 Å². The third kappa shape index (κ3) is 3.39. The van der Waals surface area contributed by atoms with Crippen molar-refractivity contribution in [1.29, 1.82) is 0 Å². The Labute approximate surface area is 89.9 Å². The highest BCUT2D eigenvalue weighted by atomic mass is 79.9. The predicted octanol–water partition coefficient (Wildman–Crippen LogP) is 3.26. The van der Waals surface area contributed by atoms with Crippen LogP contribution in [-0.4, -0.2) is 11.3 Å². The molecule has 0 spiro atoms. The van der Waals surface area contributed by atoms with Crippen LogP contribution in [0.2, 0.25) is 0 Å². The van der Waals surface area contributed by atoms with Gasteiger partial charge in [0.25, 0.3) is 5.69 Å². The number of hydrogen-bond donors (Lipinski definition) is 0. The van der Waals surface area contributed by atoms with E-state index in [1.807, 2.05) is 0 Å². The van der Waals surface area contributed by atoms with Crippen molar-refractivity contribution >= 4 is 21.6 Å². The lowest BCUT2D eigenvalue weighted by Gasteiger charge is -2.09. The van der Waals surface area contributed by atoms with Gasteiger partial charge in [-0.25, -0.2) is 0 Å². The van der Waals surface area contributed by atoms with Crippen LogP contribution in [0.25, 0.3) is 0 Å². The summed E-state index contributed by atoms with van der Waals surface area (Å²) in [5, 5.41) is 10.3. The van der Waals surface area contributed by atoms with Gasteiger partial charge >= 0.3 is 6.36 Å². The molecule has 0 fully saturated rings. The summed E-state index contributed by atoms with van der Waals surface area (Å²) in [6.45, 7) is 0. The highest BCUT2D eigenvalue weighted by Gasteiger charge is 2.32. The lowest BCUT2D eigenvalue weighted by atomic mass is 10.3. The van der Waals surface area contributed by atoms with Crippen LogP contribution in [0.4, 0.5) is 18.9 Å². The van der Waals surface area contributed by atoms with Crippen molar-refractivity contribution in [3.63, 3.8) is 0 Å². The van der Waals surface area contributed by atoms with Crippen LogP contribution in [0.1, 0.15) is 0 Å². The Morgan fingerprint density at radius 3 is 2.47 bits per heavy atom. The molecule has 0 saturated carbocycles. The highest BCUT2D eigenvalue weighted by Crippen LogP contribution is 2.33. The summed E-state index contributed by atoms with van der Waals surface area (Å²) < 4.78 is 39.1. The Bertz CT molecular complexity index is 394. The molecular formula is C7H3BrF3NO3. The number of hydrogen-bond acceptors (Lipinski definition) is 3. The molecule has 1 aromatic carbocycles. The molecule has 0 bridgehead atoms. The summed E-state index contributed by atoms with van der Waals surface area (Å²) in [6.07, 6.45) is -4.88. The number of alkyl halides is 3. The van der Waals surface area contributed by atoms with Gasteiger partial charge in [-0.05, 0) is 22.0 Å². The largest absolute Gasteiger partial charge is 0.573 e. The summed E-state index contributed by atoms with van der Waals surface area (Å²) in [5.41, 5.74) is -0.475. The number of non-ortho nitro benzene ring substituents is 1. The zero-order valence-electron chi connectivity index (χ0n) is 6.92. The van der Waals surface area contributed by atoms with Gasteiger partial charge in [0.1, 0.15) is 0 Å². The molecule has 1 aromatic rings. The molecule has 0 saturated heterocycles. The molecule has 0 aliphatic carbocycles. The number of nitro groups is 1. The third-order valence-corrected chi connectivity index (χ3v) is 2.01. The van der Waals surface area contributed by atoms with E-state index in [1.54, 1.807) is 0 Å². The van der Waals surface area contributed by atoms with Gasteiger partial charge in [-0.15, -0.1) is 13.2 Å². The molecule has 0 amide bonds. The van der Waals surface area contributed by atoms with Crippen LogP contribution in [0.15, 0.2) is 22.7 Å². The van der Waals surface area contributed by atoms with Crippen LogP contribution in [-0.2, 0) is 0 Å². The number of nitrogens with zero attached hydrogens (tertiary/aromatic N) is 1. The van der Waals surface area contributed by atoms with Gasteiger partial charge in [0, 0.05) is 6.07 Å².